The van der Waals surface area contributed by atoms with Crippen LogP contribution in [0.3, 0.4) is 0 Å². The van der Waals surface area contributed by atoms with Gasteiger partial charge in [0, 0.05) is 60.8 Å². The Hall–Kier alpha value is -8.40. The van der Waals surface area contributed by atoms with Gasteiger partial charge in [0.25, 0.3) is 0 Å². The maximum Gasteiger partial charge on any atom is 0.143 e. The standard InChI is InChI=1S/C63H44N2O/c1-63(2)57-25-11-9-19-51(57)52-38-36-48(40-58(52)63)64(46-32-27-42(28-33-46)41-15-5-3-6-16-41)47-34-29-43(30-35-47)49-21-13-23-55-56-24-14-22-50(62(56)66-61(49)55)44-31-37-54-53-20-10-12-26-59(53)65(60(54)39-44)45-17-7-4-8-18-45/h3-40H,1-2H3. The van der Waals surface area contributed by atoms with Gasteiger partial charge >= 0.3 is 0 Å². The molecule has 10 aromatic carbocycles. The van der Waals surface area contributed by atoms with Gasteiger partial charge in [-0.3, -0.25) is 0 Å². The number of aromatic nitrogens is 1. The van der Waals surface area contributed by atoms with Crippen LogP contribution in [-0.2, 0) is 5.41 Å². The van der Waals surface area contributed by atoms with E-state index in [0.29, 0.717) is 0 Å². The molecule has 0 radical (unpaired) electrons. The summed E-state index contributed by atoms with van der Waals surface area (Å²) >= 11 is 0. The lowest BCUT2D eigenvalue weighted by Gasteiger charge is -2.28. The Morgan fingerprint density at radius 3 is 1.59 bits per heavy atom. The lowest BCUT2D eigenvalue weighted by atomic mass is 9.82. The SMILES string of the molecule is CC1(C)c2ccccc2-c2ccc(N(c3ccc(-c4ccccc4)cc3)c3ccc(-c4cccc5c4oc4c(-c6ccc7c8ccccc8n(-c8ccccc8)c7c6)cccc45)cc3)cc21. The van der Waals surface area contributed by atoms with E-state index in [0.717, 1.165) is 66.9 Å². The van der Waals surface area contributed by atoms with Crippen LogP contribution >= 0.6 is 0 Å². The quantitative estimate of drug-likeness (QED) is 0.159. The zero-order valence-corrected chi connectivity index (χ0v) is 36.7. The fraction of sp³-hybridized carbons (Fsp3) is 0.0476. The van der Waals surface area contributed by atoms with Crippen LogP contribution in [0.2, 0.25) is 0 Å². The van der Waals surface area contributed by atoms with E-state index in [2.05, 4.69) is 254 Å². The van der Waals surface area contributed by atoms with E-state index in [4.69, 9.17) is 4.42 Å². The molecule has 0 saturated carbocycles. The van der Waals surface area contributed by atoms with Crippen molar-refractivity contribution in [2.24, 2.45) is 0 Å². The Balaban J connectivity index is 0.911. The van der Waals surface area contributed by atoms with Crippen molar-refractivity contribution >= 4 is 60.8 Å². The number of fused-ring (bicyclic) bond motifs is 9. The predicted octanol–water partition coefficient (Wildman–Crippen LogP) is 17.5. The van der Waals surface area contributed by atoms with Crippen LogP contribution in [-0.4, -0.2) is 4.57 Å². The number of nitrogens with zero attached hydrogens (tertiary/aromatic N) is 2. The van der Waals surface area contributed by atoms with Gasteiger partial charge in [0.1, 0.15) is 11.2 Å². The molecule has 0 unspecified atom stereocenters. The smallest absolute Gasteiger partial charge is 0.143 e. The van der Waals surface area contributed by atoms with Gasteiger partial charge in [-0.05, 0) is 105 Å². The summed E-state index contributed by atoms with van der Waals surface area (Å²) < 4.78 is 9.42. The predicted molar refractivity (Wildman–Crippen MR) is 277 cm³/mol. The molecule has 0 atom stereocenters. The molecule has 0 aliphatic heterocycles. The number of rotatable bonds is 7. The number of furan rings is 1. The lowest BCUT2D eigenvalue weighted by molar-refractivity contribution is 0.660. The molecule has 3 nitrogen and oxygen atoms in total. The second kappa shape index (κ2) is 14.8. The summed E-state index contributed by atoms with van der Waals surface area (Å²) in [7, 11) is 0. The van der Waals surface area contributed by atoms with E-state index < -0.39 is 0 Å². The fourth-order valence-corrected chi connectivity index (χ4v) is 10.8. The molecule has 2 aromatic heterocycles. The molecule has 312 valence electrons. The van der Waals surface area contributed by atoms with Gasteiger partial charge in [0.2, 0.25) is 0 Å². The minimum Gasteiger partial charge on any atom is -0.455 e. The molecule has 0 amide bonds. The molecule has 0 N–H and O–H groups in total. The summed E-state index contributed by atoms with van der Waals surface area (Å²) in [6.07, 6.45) is 0. The van der Waals surface area contributed by atoms with Crippen LogP contribution in [0, 0.1) is 0 Å². The minimum atomic E-state index is -0.116. The first-order valence-electron chi connectivity index (χ1n) is 22.8. The van der Waals surface area contributed by atoms with Crippen LogP contribution in [0.25, 0.3) is 93.9 Å². The van der Waals surface area contributed by atoms with E-state index in [1.165, 1.54) is 55.2 Å². The van der Waals surface area contributed by atoms with Crippen LogP contribution in [0.15, 0.2) is 235 Å². The Labute approximate surface area is 384 Å². The van der Waals surface area contributed by atoms with Crippen molar-refractivity contribution in [1.29, 1.82) is 0 Å². The summed E-state index contributed by atoms with van der Waals surface area (Å²) in [5.41, 5.74) is 20.6. The van der Waals surface area contributed by atoms with Crippen molar-refractivity contribution < 1.29 is 4.42 Å². The number of anilines is 3. The topological polar surface area (TPSA) is 21.3 Å². The molecule has 0 fully saturated rings. The Morgan fingerprint density at radius 1 is 0.348 bits per heavy atom. The summed E-state index contributed by atoms with van der Waals surface area (Å²) in [6, 6.07) is 83.6. The van der Waals surface area contributed by atoms with Gasteiger partial charge in [-0.2, -0.15) is 0 Å². The van der Waals surface area contributed by atoms with Crippen molar-refractivity contribution in [3.05, 3.63) is 242 Å². The number of hydrogen-bond donors (Lipinski definition) is 0. The molecule has 12 aromatic rings. The molecule has 2 heterocycles. The van der Waals surface area contributed by atoms with Gasteiger partial charge in [-0.1, -0.05) is 184 Å². The normalized spacial score (nSPS) is 12.8. The molecular weight excluding hydrogens is 801 g/mol. The van der Waals surface area contributed by atoms with Gasteiger partial charge in [0.15, 0.2) is 0 Å². The number of para-hydroxylation sites is 4. The molecule has 0 bridgehead atoms. The summed E-state index contributed by atoms with van der Waals surface area (Å²) in [4.78, 5) is 2.39. The van der Waals surface area contributed by atoms with Gasteiger partial charge < -0.3 is 13.9 Å². The zero-order valence-electron chi connectivity index (χ0n) is 36.7. The van der Waals surface area contributed by atoms with E-state index >= 15 is 0 Å². The average Bonchev–Trinajstić information content (AvgIpc) is 4.00. The molecule has 1 aliphatic rings. The maximum atomic E-state index is 7.04. The first-order chi connectivity index (χ1) is 32.5. The van der Waals surface area contributed by atoms with Crippen LogP contribution in [0.4, 0.5) is 17.1 Å². The molecule has 13 rings (SSSR count). The largest absolute Gasteiger partial charge is 0.455 e. The van der Waals surface area contributed by atoms with Crippen molar-refractivity contribution in [1.82, 2.24) is 4.57 Å². The Morgan fingerprint density at radius 2 is 0.864 bits per heavy atom. The summed E-state index contributed by atoms with van der Waals surface area (Å²) in [5.74, 6) is 0. The maximum absolute atomic E-state index is 7.04. The van der Waals surface area contributed by atoms with Crippen molar-refractivity contribution in [3.63, 3.8) is 0 Å². The van der Waals surface area contributed by atoms with Crippen LogP contribution in [0.1, 0.15) is 25.0 Å². The van der Waals surface area contributed by atoms with Gasteiger partial charge in [-0.15, -0.1) is 0 Å². The third-order valence-electron chi connectivity index (χ3n) is 14.0. The summed E-state index contributed by atoms with van der Waals surface area (Å²) in [6.45, 7) is 4.70. The van der Waals surface area contributed by atoms with Crippen LogP contribution < -0.4 is 4.90 Å². The molecule has 66 heavy (non-hydrogen) atoms. The summed E-state index contributed by atoms with van der Waals surface area (Å²) in [5, 5.41) is 4.69. The first kappa shape index (κ1) is 38.1. The van der Waals surface area contributed by atoms with Crippen LogP contribution in [0.5, 0.6) is 0 Å². The van der Waals surface area contributed by atoms with E-state index in [1.54, 1.807) is 0 Å². The van der Waals surface area contributed by atoms with Crippen molar-refractivity contribution in [2.75, 3.05) is 4.90 Å². The van der Waals surface area contributed by atoms with E-state index in [-0.39, 0.29) is 5.41 Å². The Bertz CT molecular complexity index is 3820. The average molecular weight is 845 g/mol. The highest BCUT2D eigenvalue weighted by Gasteiger charge is 2.35. The third kappa shape index (κ3) is 5.90. The fourth-order valence-electron chi connectivity index (χ4n) is 10.8. The third-order valence-corrected chi connectivity index (χ3v) is 14.0. The monoisotopic (exact) mass is 844 g/mol. The minimum absolute atomic E-state index is 0.116. The molecular formula is C63H44N2O. The second-order valence-corrected chi connectivity index (χ2v) is 18.1. The second-order valence-electron chi connectivity index (χ2n) is 18.1. The first-order valence-corrected chi connectivity index (χ1v) is 22.8. The zero-order chi connectivity index (χ0) is 43.9. The molecule has 1 aliphatic carbocycles. The molecule has 3 heteroatoms. The van der Waals surface area contributed by atoms with Crippen molar-refractivity contribution in [2.45, 2.75) is 19.3 Å². The highest BCUT2D eigenvalue weighted by Crippen LogP contribution is 2.51. The highest BCUT2D eigenvalue weighted by molar-refractivity contribution is 6.15. The van der Waals surface area contributed by atoms with Crippen molar-refractivity contribution in [3.8, 4) is 50.2 Å². The highest BCUT2D eigenvalue weighted by atomic mass is 16.3. The van der Waals surface area contributed by atoms with E-state index in [9.17, 15) is 0 Å². The molecule has 0 spiro atoms. The van der Waals surface area contributed by atoms with Gasteiger partial charge in [-0.25, -0.2) is 0 Å². The molecule has 0 saturated heterocycles. The Kier molecular flexibility index (Phi) is 8.56. The van der Waals surface area contributed by atoms with E-state index in [1.807, 2.05) is 0 Å². The van der Waals surface area contributed by atoms with Gasteiger partial charge in [0.05, 0.1) is 11.0 Å². The number of hydrogen-bond acceptors (Lipinski definition) is 2. The number of benzene rings is 10. The lowest BCUT2D eigenvalue weighted by Crippen LogP contribution is -2.16.